The van der Waals surface area contributed by atoms with Gasteiger partial charge in [0.1, 0.15) is 0 Å². The number of hydrogen-bond donors (Lipinski definition) is 5. The first kappa shape index (κ1) is 16.9. The first-order valence-electron chi connectivity index (χ1n) is 7.24. The van der Waals surface area contributed by atoms with Gasteiger partial charge in [-0.3, -0.25) is 4.79 Å². The molecule has 0 fully saturated rings. The Balaban J connectivity index is 2.14. The third-order valence-corrected chi connectivity index (χ3v) is 3.65. The van der Waals surface area contributed by atoms with Crippen LogP contribution in [0.3, 0.4) is 0 Å². The molecule has 26 heavy (non-hydrogen) atoms. The zero-order valence-electron chi connectivity index (χ0n) is 13.0. The summed E-state index contributed by atoms with van der Waals surface area (Å²) in [7, 11) is 0. The Hall–Kier alpha value is -3.94. The number of rotatable bonds is 2. The molecule has 0 aromatic heterocycles. The van der Waals surface area contributed by atoms with Crippen LogP contribution in [0.5, 0.6) is 23.0 Å². The van der Waals surface area contributed by atoms with Crippen molar-refractivity contribution in [2.75, 3.05) is 0 Å². The molecule has 2 aromatic carbocycles. The number of esters is 1. The maximum absolute atomic E-state index is 12.1. The van der Waals surface area contributed by atoms with E-state index in [-0.39, 0.29) is 22.6 Å². The highest BCUT2D eigenvalue weighted by Crippen LogP contribution is 2.35. The van der Waals surface area contributed by atoms with Gasteiger partial charge in [0, 0.05) is 0 Å². The number of aliphatic hydroxyl groups is 1. The highest BCUT2D eigenvalue weighted by atomic mass is 16.6. The number of cyclic esters (lactones) is 1. The quantitative estimate of drug-likeness (QED) is 0.312. The number of ketones is 1. The van der Waals surface area contributed by atoms with Crippen LogP contribution in [0.15, 0.2) is 47.9 Å². The molecule has 0 saturated heterocycles. The van der Waals surface area contributed by atoms with Crippen molar-refractivity contribution in [2.24, 2.45) is 0 Å². The van der Waals surface area contributed by atoms with Crippen LogP contribution < -0.4 is 0 Å². The standard InChI is InChI=1S/C18H12O8/c19-10-3-1-8(5-12(10)21)6-14-16(23)15(17(24)18(25)26-14)9-2-4-11(20)13(22)7-9/h1-7,19-23H/b14-6-. The largest absolute Gasteiger partial charge is 0.504 e. The Bertz CT molecular complexity index is 1000. The summed E-state index contributed by atoms with van der Waals surface area (Å²) in [6.45, 7) is 0. The summed E-state index contributed by atoms with van der Waals surface area (Å²) >= 11 is 0. The van der Waals surface area contributed by atoms with Gasteiger partial charge in [-0.25, -0.2) is 4.79 Å². The zero-order valence-corrected chi connectivity index (χ0v) is 13.0. The molecule has 0 atom stereocenters. The molecule has 1 aliphatic rings. The van der Waals surface area contributed by atoms with Crippen molar-refractivity contribution in [1.29, 1.82) is 0 Å². The van der Waals surface area contributed by atoms with E-state index in [4.69, 9.17) is 4.74 Å². The van der Waals surface area contributed by atoms with E-state index in [1.165, 1.54) is 24.3 Å². The van der Waals surface area contributed by atoms with Crippen molar-refractivity contribution < 1.29 is 39.9 Å². The van der Waals surface area contributed by atoms with Gasteiger partial charge in [-0.05, 0) is 41.5 Å². The van der Waals surface area contributed by atoms with E-state index in [0.717, 1.165) is 18.2 Å². The number of aliphatic hydroxyl groups excluding tert-OH is 1. The predicted molar refractivity (Wildman–Crippen MR) is 88.2 cm³/mol. The topological polar surface area (TPSA) is 145 Å². The molecule has 132 valence electrons. The van der Waals surface area contributed by atoms with Gasteiger partial charge in [-0.2, -0.15) is 0 Å². The summed E-state index contributed by atoms with van der Waals surface area (Å²) in [6.07, 6.45) is 1.18. The number of benzene rings is 2. The van der Waals surface area contributed by atoms with Gasteiger partial charge in [0.15, 0.2) is 34.5 Å². The van der Waals surface area contributed by atoms with E-state index in [1.54, 1.807) is 0 Å². The minimum Gasteiger partial charge on any atom is -0.504 e. The van der Waals surface area contributed by atoms with Gasteiger partial charge in [0.2, 0.25) is 0 Å². The van der Waals surface area contributed by atoms with Crippen LogP contribution >= 0.6 is 0 Å². The molecule has 0 radical (unpaired) electrons. The molecule has 8 nitrogen and oxygen atoms in total. The van der Waals surface area contributed by atoms with Crippen molar-refractivity contribution in [1.82, 2.24) is 0 Å². The van der Waals surface area contributed by atoms with E-state index < -0.39 is 40.3 Å². The minimum atomic E-state index is -1.25. The van der Waals surface area contributed by atoms with Crippen molar-refractivity contribution >= 4 is 23.4 Å². The molecule has 0 aliphatic carbocycles. The molecule has 0 saturated carbocycles. The van der Waals surface area contributed by atoms with Crippen LogP contribution in [-0.2, 0) is 14.3 Å². The molecule has 0 amide bonds. The highest BCUT2D eigenvalue weighted by molar-refractivity contribution is 6.53. The minimum absolute atomic E-state index is 0.00102. The van der Waals surface area contributed by atoms with Crippen molar-refractivity contribution in [2.45, 2.75) is 0 Å². The Kier molecular flexibility index (Phi) is 4.01. The van der Waals surface area contributed by atoms with Gasteiger partial charge in [-0.15, -0.1) is 0 Å². The monoisotopic (exact) mass is 356 g/mol. The van der Waals surface area contributed by atoms with Crippen LogP contribution in [0.2, 0.25) is 0 Å². The molecule has 1 aliphatic heterocycles. The fraction of sp³-hybridized carbons (Fsp3) is 0. The zero-order chi connectivity index (χ0) is 19.0. The van der Waals surface area contributed by atoms with Crippen LogP contribution in [0.4, 0.5) is 0 Å². The van der Waals surface area contributed by atoms with E-state index in [1.807, 2.05) is 0 Å². The number of phenols is 4. The summed E-state index contributed by atoms with van der Waals surface area (Å²) in [6, 6.07) is 7.08. The maximum Gasteiger partial charge on any atom is 0.385 e. The Morgan fingerprint density at radius 1 is 0.769 bits per heavy atom. The first-order valence-corrected chi connectivity index (χ1v) is 7.24. The summed E-state index contributed by atoms with van der Waals surface area (Å²) in [5, 5.41) is 48.1. The van der Waals surface area contributed by atoms with Gasteiger partial charge in [0.25, 0.3) is 5.78 Å². The Labute approximate surface area is 146 Å². The van der Waals surface area contributed by atoms with E-state index in [9.17, 15) is 35.1 Å². The molecule has 3 rings (SSSR count). The molecule has 8 heteroatoms. The lowest BCUT2D eigenvalue weighted by molar-refractivity contribution is -0.149. The third kappa shape index (κ3) is 2.91. The van der Waals surface area contributed by atoms with Crippen molar-refractivity contribution in [3.8, 4) is 23.0 Å². The van der Waals surface area contributed by atoms with Crippen molar-refractivity contribution in [3.05, 3.63) is 59.0 Å². The van der Waals surface area contributed by atoms with Crippen LogP contribution in [0.25, 0.3) is 11.6 Å². The lowest BCUT2D eigenvalue weighted by Gasteiger charge is -2.18. The molecule has 5 N–H and O–H groups in total. The predicted octanol–water partition coefficient (Wildman–Crippen LogP) is 1.95. The molecule has 0 unspecified atom stereocenters. The van der Waals surface area contributed by atoms with Gasteiger partial charge < -0.3 is 30.3 Å². The molecular weight excluding hydrogens is 344 g/mol. The smallest absolute Gasteiger partial charge is 0.385 e. The number of ether oxygens (including phenoxy) is 1. The van der Waals surface area contributed by atoms with Crippen molar-refractivity contribution in [3.63, 3.8) is 0 Å². The maximum atomic E-state index is 12.1. The fourth-order valence-electron chi connectivity index (χ4n) is 2.35. The average molecular weight is 356 g/mol. The first-order chi connectivity index (χ1) is 12.3. The average Bonchev–Trinajstić information content (AvgIpc) is 2.59. The van der Waals surface area contributed by atoms with E-state index >= 15 is 0 Å². The van der Waals surface area contributed by atoms with Crippen LogP contribution in [0, 0.1) is 0 Å². The highest BCUT2D eigenvalue weighted by Gasteiger charge is 2.34. The number of Topliss-reactive ketones (excluding diaryl/α,β-unsaturated/α-hetero) is 1. The molecule has 2 aromatic rings. The molecule has 1 heterocycles. The van der Waals surface area contributed by atoms with Gasteiger partial charge >= 0.3 is 5.97 Å². The van der Waals surface area contributed by atoms with E-state index in [0.29, 0.717) is 0 Å². The third-order valence-electron chi connectivity index (χ3n) is 3.65. The fourth-order valence-corrected chi connectivity index (χ4v) is 2.35. The number of hydrogen-bond acceptors (Lipinski definition) is 8. The Morgan fingerprint density at radius 3 is 2.00 bits per heavy atom. The number of phenolic OH excluding ortho intramolecular Hbond substituents is 4. The molecule has 0 bridgehead atoms. The van der Waals surface area contributed by atoms with Gasteiger partial charge in [-0.1, -0.05) is 12.1 Å². The summed E-state index contributed by atoms with van der Waals surface area (Å²) in [5.41, 5.74) is -0.137. The van der Waals surface area contributed by atoms with Crippen LogP contribution in [0.1, 0.15) is 11.1 Å². The lowest BCUT2D eigenvalue weighted by Crippen LogP contribution is -2.25. The molecule has 0 spiro atoms. The van der Waals surface area contributed by atoms with Crippen LogP contribution in [-0.4, -0.2) is 37.3 Å². The second kappa shape index (κ2) is 6.17. The van der Waals surface area contributed by atoms with E-state index in [2.05, 4.69) is 0 Å². The Morgan fingerprint density at radius 2 is 1.38 bits per heavy atom. The SMILES string of the molecule is O=C1O/C(=C\c2ccc(O)c(O)c2)C(O)=C(c2ccc(O)c(O)c2)C1=O. The lowest BCUT2D eigenvalue weighted by atomic mass is 9.97. The number of carbonyl (C=O) groups excluding carboxylic acids is 2. The summed E-state index contributed by atoms with van der Waals surface area (Å²) in [4.78, 5) is 23.9. The second-order valence-electron chi connectivity index (χ2n) is 5.40. The summed E-state index contributed by atoms with van der Waals surface area (Å²) in [5.74, 6) is -5.15. The number of aromatic hydroxyl groups is 4. The van der Waals surface area contributed by atoms with Gasteiger partial charge in [0.05, 0.1) is 5.57 Å². The molecular formula is C18H12O8. The normalized spacial score (nSPS) is 16.1. The second-order valence-corrected chi connectivity index (χ2v) is 5.40. The summed E-state index contributed by atoms with van der Waals surface area (Å²) < 4.78 is 4.80. The number of carbonyl (C=O) groups is 2.